The SMILES string of the molecule is C/C=C1\CC[PH](C)(C(/C=C\CC2=CC=CCC=C2)=C/CC)c2ccccc21. The van der Waals surface area contributed by atoms with Crippen LogP contribution >= 0.6 is 7.26 Å². The van der Waals surface area contributed by atoms with Gasteiger partial charge in [-0.2, -0.15) is 0 Å². The molecule has 1 heterocycles. The summed E-state index contributed by atoms with van der Waals surface area (Å²) in [6.45, 7) is 7.01. The summed E-state index contributed by atoms with van der Waals surface area (Å²) in [6.07, 6.45) is 26.4. The normalized spacial score (nSPS) is 21.8. The van der Waals surface area contributed by atoms with Crippen LogP contribution in [0.3, 0.4) is 0 Å². The summed E-state index contributed by atoms with van der Waals surface area (Å²) in [5.74, 6) is 0. The van der Waals surface area contributed by atoms with Crippen LogP contribution in [0.25, 0.3) is 5.57 Å². The standard InChI is InChI=1S/C26H33P/c1-4-13-24(17-12-16-22-14-8-6-7-9-15-22)27(3)21-20-23(5-2)25-18-10-11-19-26(25)27/h5-6,8-15,17-19,27H,4,7,16,20-21H2,1-3H3/b17-12-,23-5+,24-13+. The van der Waals surface area contributed by atoms with E-state index in [1.54, 1.807) is 10.6 Å². The van der Waals surface area contributed by atoms with Crippen LogP contribution < -0.4 is 5.30 Å². The molecule has 0 fully saturated rings. The molecule has 0 nitrogen and oxygen atoms in total. The summed E-state index contributed by atoms with van der Waals surface area (Å²) in [5, 5.41) is 3.21. The molecule has 0 radical (unpaired) electrons. The first-order valence-electron chi connectivity index (χ1n) is 10.3. The second kappa shape index (κ2) is 9.34. The first-order valence-corrected chi connectivity index (χ1v) is 13.0. The zero-order valence-electron chi connectivity index (χ0n) is 17.0. The summed E-state index contributed by atoms with van der Waals surface area (Å²) in [4.78, 5) is 0. The van der Waals surface area contributed by atoms with Crippen molar-refractivity contribution < 1.29 is 0 Å². The van der Waals surface area contributed by atoms with E-state index in [-0.39, 0.29) is 0 Å². The van der Waals surface area contributed by atoms with E-state index in [1.165, 1.54) is 29.3 Å². The molecule has 0 bridgehead atoms. The quantitative estimate of drug-likeness (QED) is 0.377. The van der Waals surface area contributed by atoms with E-state index in [0.29, 0.717) is 0 Å². The molecular weight excluding hydrogens is 343 g/mol. The number of allylic oxidation sites excluding steroid dienone is 12. The Bertz CT molecular complexity index is 845. The van der Waals surface area contributed by atoms with Gasteiger partial charge in [0.1, 0.15) is 0 Å². The summed E-state index contributed by atoms with van der Waals surface area (Å²) in [6, 6.07) is 9.14. The maximum atomic E-state index is 2.57. The van der Waals surface area contributed by atoms with Crippen molar-refractivity contribution >= 4 is 18.1 Å². The van der Waals surface area contributed by atoms with Crippen LogP contribution in [0.15, 0.2) is 89.8 Å². The molecule has 0 aromatic heterocycles. The average Bonchev–Trinajstić information content (AvgIpc) is 2.97. The minimum absolute atomic E-state index is 1.01. The van der Waals surface area contributed by atoms with Gasteiger partial charge in [0.15, 0.2) is 0 Å². The van der Waals surface area contributed by atoms with E-state index in [9.17, 15) is 0 Å². The van der Waals surface area contributed by atoms with Gasteiger partial charge >= 0.3 is 166 Å². The number of hydrogen-bond donors (Lipinski definition) is 0. The van der Waals surface area contributed by atoms with Gasteiger partial charge in [0.25, 0.3) is 0 Å². The maximum absolute atomic E-state index is 2.57. The third kappa shape index (κ3) is 4.50. The summed E-state index contributed by atoms with van der Waals surface area (Å²) < 4.78 is 0. The minimum atomic E-state index is -1.68. The molecule has 0 atom stereocenters. The Morgan fingerprint density at radius 3 is 2.85 bits per heavy atom. The molecule has 142 valence electrons. The van der Waals surface area contributed by atoms with Crippen LogP contribution in [0.4, 0.5) is 0 Å². The zero-order chi connectivity index (χ0) is 19.1. The Labute approximate surface area is 166 Å². The van der Waals surface area contributed by atoms with E-state index in [4.69, 9.17) is 0 Å². The topological polar surface area (TPSA) is 0 Å². The fourth-order valence-electron chi connectivity index (χ4n) is 4.28. The molecule has 3 rings (SSSR count). The molecule has 1 heteroatoms. The fraction of sp³-hybridized carbons (Fsp3) is 0.308. The first-order chi connectivity index (χ1) is 13.2. The van der Waals surface area contributed by atoms with Crippen molar-refractivity contribution in [3.05, 3.63) is 95.4 Å². The number of fused-ring (bicyclic) bond motifs is 1. The Morgan fingerprint density at radius 1 is 1.19 bits per heavy atom. The third-order valence-electron chi connectivity index (χ3n) is 5.87. The van der Waals surface area contributed by atoms with Crippen molar-refractivity contribution in [3.63, 3.8) is 0 Å². The van der Waals surface area contributed by atoms with Crippen molar-refractivity contribution in [2.24, 2.45) is 0 Å². The molecule has 0 spiro atoms. The predicted molar refractivity (Wildman–Crippen MR) is 127 cm³/mol. The van der Waals surface area contributed by atoms with Gasteiger partial charge in [-0.3, -0.25) is 0 Å². The van der Waals surface area contributed by atoms with Crippen molar-refractivity contribution in [2.75, 3.05) is 12.8 Å². The van der Waals surface area contributed by atoms with E-state index >= 15 is 0 Å². The van der Waals surface area contributed by atoms with E-state index < -0.39 is 7.26 Å². The van der Waals surface area contributed by atoms with Gasteiger partial charge in [0, 0.05) is 0 Å². The molecule has 1 aromatic carbocycles. The van der Waals surface area contributed by atoms with Crippen LogP contribution in [0, 0.1) is 0 Å². The van der Waals surface area contributed by atoms with Gasteiger partial charge in [-0.05, 0) is 0 Å². The summed E-state index contributed by atoms with van der Waals surface area (Å²) in [7, 11) is -1.68. The molecule has 0 amide bonds. The molecule has 1 aliphatic carbocycles. The Kier molecular flexibility index (Phi) is 6.86. The Balaban J connectivity index is 1.90. The van der Waals surface area contributed by atoms with Crippen molar-refractivity contribution in [1.82, 2.24) is 0 Å². The Hall–Kier alpha value is -1.91. The van der Waals surface area contributed by atoms with Crippen LogP contribution in [-0.2, 0) is 0 Å². The van der Waals surface area contributed by atoms with Crippen molar-refractivity contribution in [1.29, 1.82) is 0 Å². The van der Waals surface area contributed by atoms with Gasteiger partial charge in [-0.1, -0.05) is 0 Å². The molecule has 0 unspecified atom stereocenters. The second-order valence-electron chi connectivity index (χ2n) is 7.67. The average molecular weight is 377 g/mol. The van der Waals surface area contributed by atoms with Crippen LogP contribution in [0.5, 0.6) is 0 Å². The van der Waals surface area contributed by atoms with Gasteiger partial charge < -0.3 is 0 Å². The van der Waals surface area contributed by atoms with Gasteiger partial charge in [-0.25, -0.2) is 0 Å². The fourth-order valence-corrected chi connectivity index (χ4v) is 8.36. The van der Waals surface area contributed by atoms with E-state index in [2.05, 4.69) is 99.5 Å². The third-order valence-corrected chi connectivity index (χ3v) is 10.4. The van der Waals surface area contributed by atoms with Gasteiger partial charge in [0.2, 0.25) is 0 Å². The van der Waals surface area contributed by atoms with Crippen molar-refractivity contribution in [3.8, 4) is 0 Å². The molecule has 1 aromatic rings. The second-order valence-corrected chi connectivity index (χ2v) is 12.0. The van der Waals surface area contributed by atoms with Crippen LogP contribution in [0.1, 0.15) is 45.1 Å². The Morgan fingerprint density at radius 2 is 2.04 bits per heavy atom. The molecule has 1 aliphatic heterocycles. The molecule has 0 saturated carbocycles. The van der Waals surface area contributed by atoms with E-state index in [0.717, 1.165) is 19.3 Å². The monoisotopic (exact) mass is 376 g/mol. The van der Waals surface area contributed by atoms with Crippen LogP contribution in [0.2, 0.25) is 0 Å². The van der Waals surface area contributed by atoms with Crippen molar-refractivity contribution in [2.45, 2.75) is 39.5 Å². The molecular formula is C26H33P. The number of hydrogen-bond acceptors (Lipinski definition) is 0. The van der Waals surface area contributed by atoms with Gasteiger partial charge in [-0.15, -0.1) is 0 Å². The van der Waals surface area contributed by atoms with Gasteiger partial charge in [0.05, 0.1) is 0 Å². The molecule has 27 heavy (non-hydrogen) atoms. The molecule has 2 aliphatic rings. The summed E-state index contributed by atoms with van der Waals surface area (Å²) >= 11 is 0. The summed E-state index contributed by atoms with van der Waals surface area (Å²) in [5.41, 5.74) is 4.41. The number of benzene rings is 1. The predicted octanol–water partition coefficient (Wildman–Crippen LogP) is 7.18. The first kappa shape index (κ1) is 19.8. The molecule has 0 saturated heterocycles. The molecule has 0 N–H and O–H groups in total. The van der Waals surface area contributed by atoms with Crippen LogP contribution in [-0.4, -0.2) is 12.8 Å². The number of rotatable bonds is 5. The zero-order valence-corrected chi connectivity index (χ0v) is 18.0. The van der Waals surface area contributed by atoms with E-state index in [1.807, 2.05) is 0 Å².